The van der Waals surface area contributed by atoms with Crippen molar-refractivity contribution in [1.29, 1.82) is 0 Å². The molecule has 0 aromatic rings. The third-order valence-electron chi connectivity index (χ3n) is 7.91. The van der Waals surface area contributed by atoms with Crippen molar-refractivity contribution in [2.45, 2.75) is 180 Å². The van der Waals surface area contributed by atoms with Gasteiger partial charge in [0.05, 0.1) is 19.8 Å². The van der Waals surface area contributed by atoms with Gasteiger partial charge in [0.25, 0.3) is 0 Å². The highest BCUT2D eigenvalue weighted by molar-refractivity contribution is 7.47. The number of unbranched alkanes of at least 4 members (excludes halogenated alkanes) is 21. The van der Waals surface area contributed by atoms with Crippen LogP contribution in [0.3, 0.4) is 0 Å². The number of rotatable bonds is 36. The number of hydrogen-bond acceptors (Lipinski definition) is 7. The van der Waals surface area contributed by atoms with Crippen molar-refractivity contribution in [2.75, 3.05) is 33.0 Å². The molecule has 0 aliphatic carbocycles. The third-order valence-corrected chi connectivity index (χ3v) is 8.90. The molecule has 2 atom stereocenters. The van der Waals surface area contributed by atoms with Crippen molar-refractivity contribution in [1.82, 2.24) is 0 Å². The highest BCUT2D eigenvalue weighted by atomic mass is 31.2. The molecule has 0 fully saturated rings. The summed E-state index contributed by atoms with van der Waals surface area (Å²) in [4.78, 5) is 22.3. The second-order valence-electron chi connectivity index (χ2n) is 12.4. The SMILES string of the molecule is CCC/C=C\CCCCCCCC(=O)OC(COCCCCCCCCCCCCCCCCCC)COP(=O)(O)OCCN. The lowest BCUT2D eigenvalue weighted by molar-refractivity contribution is -0.154. The molecule has 0 aromatic heterocycles. The van der Waals surface area contributed by atoms with Crippen LogP contribution < -0.4 is 5.73 Å². The van der Waals surface area contributed by atoms with Crippen molar-refractivity contribution < 1.29 is 32.8 Å². The van der Waals surface area contributed by atoms with E-state index in [1.165, 1.54) is 103 Å². The number of nitrogens with two attached hydrogens (primary N) is 1. The molecule has 0 aliphatic rings. The first-order valence-corrected chi connectivity index (χ1v) is 20.2. The number of phosphoric acid groups is 1. The summed E-state index contributed by atoms with van der Waals surface area (Å²) in [5.41, 5.74) is 5.34. The molecule has 0 radical (unpaired) electrons. The fourth-order valence-corrected chi connectivity index (χ4v) is 5.94. The molecule has 0 spiro atoms. The van der Waals surface area contributed by atoms with E-state index >= 15 is 0 Å². The summed E-state index contributed by atoms with van der Waals surface area (Å²) in [6.45, 7) is 4.87. The van der Waals surface area contributed by atoms with E-state index in [-0.39, 0.29) is 32.3 Å². The van der Waals surface area contributed by atoms with E-state index < -0.39 is 13.9 Å². The fourth-order valence-electron chi connectivity index (χ4n) is 5.17. The van der Waals surface area contributed by atoms with Crippen LogP contribution in [-0.4, -0.2) is 49.9 Å². The van der Waals surface area contributed by atoms with E-state index in [2.05, 4.69) is 26.0 Å². The summed E-state index contributed by atoms with van der Waals surface area (Å²) in [5, 5.41) is 0. The number of allylic oxidation sites excluding steroid dienone is 2. The molecule has 268 valence electrons. The fraction of sp³-hybridized carbons (Fsp3) is 0.917. The van der Waals surface area contributed by atoms with Gasteiger partial charge in [0.15, 0.2) is 0 Å². The van der Waals surface area contributed by atoms with Gasteiger partial charge in [0, 0.05) is 19.6 Å². The van der Waals surface area contributed by atoms with Crippen molar-refractivity contribution in [3.63, 3.8) is 0 Å². The minimum absolute atomic E-state index is 0.0942. The van der Waals surface area contributed by atoms with E-state index in [1.807, 2.05) is 0 Å². The van der Waals surface area contributed by atoms with Crippen molar-refractivity contribution in [3.05, 3.63) is 12.2 Å². The molecule has 8 nitrogen and oxygen atoms in total. The number of carbonyl (C=O) groups excluding carboxylic acids is 1. The lowest BCUT2D eigenvalue weighted by atomic mass is 10.0. The molecule has 2 unspecified atom stereocenters. The Bertz CT molecular complexity index is 707. The number of carbonyl (C=O) groups is 1. The van der Waals surface area contributed by atoms with E-state index in [0.717, 1.165) is 51.4 Å². The summed E-state index contributed by atoms with van der Waals surface area (Å²) in [6.07, 6.45) is 33.7. The van der Waals surface area contributed by atoms with Crippen LogP contribution in [0.5, 0.6) is 0 Å². The molecule has 0 heterocycles. The maximum absolute atomic E-state index is 12.5. The molecule has 9 heteroatoms. The Hall–Kier alpha value is -0.760. The van der Waals surface area contributed by atoms with Crippen LogP contribution in [0, 0.1) is 0 Å². The molecule has 0 saturated heterocycles. The topological polar surface area (TPSA) is 117 Å². The molecule has 0 aromatic carbocycles. The Morgan fingerprint density at radius 2 is 1.16 bits per heavy atom. The van der Waals surface area contributed by atoms with Crippen LogP contribution in [-0.2, 0) is 27.9 Å². The molecule has 0 bridgehead atoms. The van der Waals surface area contributed by atoms with Gasteiger partial charge in [-0.1, -0.05) is 148 Å². The van der Waals surface area contributed by atoms with Crippen molar-refractivity contribution in [2.24, 2.45) is 5.73 Å². The van der Waals surface area contributed by atoms with Gasteiger partial charge in [-0.25, -0.2) is 4.57 Å². The van der Waals surface area contributed by atoms with Gasteiger partial charge >= 0.3 is 13.8 Å². The van der Waals surface area contributed by atoms with Gasteiger partial charge in [0.1, 0.15) is 6.10 Å². The Kier molecular flexibility index (Phi) is 34.0. The maximum Gasteiger partial charge on any atom is 0.472 e. The summed E-state index contributed by atoms with van der Waals surface area (Å²) >= 11 is 0. The predicted octanol–water partition coefficient (Wildman–Crippen LogP) is 10.4. The molecule has 3 N–H and O–H groups in total. The zero-order valence-electron chi connectivity index (χ0n) is 29.4. The normalized spacial score (nSPS) is 13.8. The van der Waals surface area contributed by atoms with E-state index in [9.17, 15) is 14.3 Å². The molecule has 0 rings (SSSR count). The van der Waals surface area contributed by atoms with Crippen LogP contribution in [0.1, 0.15) is 174 Å². The molecular formula is C36H72NO7P. The smallest absolute Gasteiger partial charge is 0.457 e. The average molecular weight is 662 g/mol. The highest BCUT2D eigenvalue weighted by Gasteiger charge is 2.25. The summed E-state index contributed by atoms with van der Waals surface area (Å²) in [7, 11) is -4.26. The first kappa shape index (κ1) is 44.2. The Labute approximate surface area is 277 Å². The predicted molar refractivity (Wildman–Crippen MR) is 187 cm³/mol. The Morgan fingerprint density at radius 1 is 0.644 bits per heavy atom. The van der Waals surface area contributed by atoms with Crippen molar-refractivity contribution in [3.8, 4) is 0 Å². The number of ether oxygens (including phenoxy) is 2. The molecular weight excluding hydrogens is 589 g/mol. The van der Waals surface area contributed by atoms with Gasteiger partial charge in [-0.3, -0.25) is 13.8 Å². The third kappa shape index (κ3) is 34.4. The average Bonchev–Trinajstić information content (AvgIpc) is 3.02. The molecule has 0 aliphatic heterocycles. The van der Waals surface area contributed by atoms with E-state index in [4.69, 9.17) is 24.3 Å². The zero-order valence-corrected chi connectivity index (χ0v) is 30.3. The first-order valence-electron chi connectivity index (χ1n) is 18.7. The van der Waals surface area contributed by atoms with Crippen LogP contribution in [0.15, 0.2) is 12.2 Å². The van der Waals surface area contributed by atoms with Crippen LogP contribution in [0.4, 0.5) is 0 Å². The minimum atomic E-state index is -4.26. The molecule has 0 saturated carbocycles. The van der Waals surface area contributed by atoms with E-state index in [1.54, 1.807) is 0 Å². The lowest BCUT2D eigenvalue weighted by Gasteiger charge is -2.20. The van der Waals surface area contributed by atoms with Gasteiger partial charge < -0.3 is 20.1 Å². The molecule has 45 heavy (non-hydrogen) atoms. The summed E-state index contributed by atoms with van der Waals surface area (Å²) < 4.78 is 33.2. The van der Waals surface area contributed by atoms with Crippen LogP contribution >= 0.6 is 7.82 Å². The molecule has 0 amide bonds. The Balaban J connectivity index is 4.03. The maximum atomic E-state index is 12.5. The number of esters is 1. The quantitative estimate of drug-likeness (QED) is 0.0295. The summed E-state index contributed by atoms with van der Waals surface area (Å²) in [6, 6.07) is 0. The lowest BCUT2D eigenvalue weighted by Crippen LogP contribution is -2.28. The van der Waals surface area contributed by atoms with Gasteiger partial charge in [-0.05, 0) is 32.1 Å². The monoisotopic (exact) mass is 662 g/mol. The highest BCUT2D eigenvalue weighted by Crippen LogP contribution is 2.43. The van der Waals surface area contributed by atoms with E-state index in [0.29, 0.717) is 13.0 Å². The minimum Gasteiger partial charge on any atom is -0.457 e. The van der Waals surface area contributed by atoms with Crippen LogP contribution in [0.25, 0.3) is 0 Å². The second kappa shape index (κ2) is 34.6. The van der Waals surface area contributed by atoms with Crippen molar-refractivity contribution >= 4 is 13.8 Å². The Morgan fingerprint density at radius 3 is 1.71 bits per heavy atom. The van der Waals surface area contributed by atoms with Crippen LogP contribution in [0.2, 0.25) is 0 Å². The second-order valence-corrected chi connectivity index (χ2v) is 13.9. The first-order chi connectivity index (χ1) is 21.9. The van der Waals surface area contributed by atoms with Gasteiger partial charge in [-0.15, -0.1) is 0 Å². The summed E-state index contributed by atoms with van der Waals surface area (Å²) in [5.74, 6) is -0.340. The zero-order chi connectivity index (χ0) is 33.1. The standard InChI is InChI=1S/C36H72NO7P/c1-3-5-7-9-11-13-15-16-17-18-19-20-22-24-26-28-31-41-33-35(34-43-45(39,40)42-32-30-37)44-36(38)29-27-25-23-21-14-12-10-8-6-4-2/h8,10,35H,3-7,9,11-34,37H2,1-2H3,(H,39,40)/b10-8-. The van der Waals surface area contributed by atoms with Gasteiger partial charge in [0.2, 0.25) is 0 Å². The largest absolute Gasteiger partial charge is 0.472 e. The number of hydrogen-bond donors (Lipinski definition) is 2. The number of phosphoric ester groups is 1. The van der Waals surface area contributed by atoms with Gasteiger partial charge in [-0.2, -0.15) is 0 Å².